The summed E-state index contributed by atoms with van der Waals surface area (Å²) in [7, 11) is 1.58. The van der Waals surface area contributed by atoms with Crippen LogP contribution >= 0.6 is 0 Å². The van der Waals surface area contributed by atoms with Crippen LogP contribution in [0.25, 0.3) is 11.0 Å². The van der Waals surface area contributed by atoms with Gasteiger partial charge < -0.3 is 30.4 Å². The van der Waals surface area contributed by atoms with E-state index >= 15 is 0 Å². The first-order chi connectivity index (χ1) is 19.5. The van der Waals surface area contributed by atoms with E-state index in [1.54, 1.807) is 50.6 Å². The molecule has 202 valence electrons. The number of benzene rings is 2. The van der Waals surface area contributed by atoms with Gasteiger partial charge in [0.2, 0.25) is 11.8 Å². The van der Waals surface area contributed by atoms with E-state index in [2.05, 4.69) is 36.2 Å². The molecule has 3 heterocycles. The zero-order valence-corrected chi connectivity index (χ0v) is 21.9. The van der Waals surface area contributed by atoms with Crippen molar-refractivity contribution in [3.63, 3.8) is 0 Å². The van der Waals surface area contributed by atoms with Gasteiger partial charge in [-0.15, -0.1) is 0 Å². The molecule has 4 N–H and O–H groups in total. The number of amides is 3. The summed E-state index contributed by atoms with van der Waals surface area (Å²) >= 11 is 0. The van der Waals surface area contributed by atoms with Gasteiger partial charge in [-0.1, -0.05) is 18.2 Å². The highest BCUT2D eigenvalue weighted by atomic mass is 16.5. The van der Waals surface area contributed by atoms with Gasteiger partial charge in [-0.05, 0) is 48.9 Å². The Hall–Kier alpha value is -5.45. The molecule has 5 aromatic rings. The van der Waals surface area contributed by atoms with E-state index in [-0.39, 0.29) is 11.9 Å². The Morgan fingerprint density at radius 1 is 0.925 bits per heavy atom. The highest BCUT2D eigenvalue weighted by Crippen LogP contribution is 2.30. The lowest BCUT2D eigenvalue weighted by Crippen LogP contribution is -2.34. The maximum absolute atomic E-state index is 12.2. The van der Waals surface area contributed by atoms with Crippen molar-refractivity contribution in [1.29, 1.82) is 0 Å². The molecule has 11 nitrogen and oxygen atoms in total. The lowest BCUT2D eigenvalue weighted by molar-refractivity contribution is 0.0963. The Morgan fingerprint density at radius 3 is 2.62 bits per heavy atom. The number of carbonyl (C=O) groups excluding carboxylic acids is 2. The maximum Gasteiger partial charge on any atom is 0.315 e. The molecule has 0 aliphatic carbocycles. The summed E-state index contributed by atoms with van der Waals surface area (Å²) in [5.74, 6) is 1.49. The molecule has 0 radical (unpaired) electrons. The van der Waals surface area contributed by atoms with E-state index in [0.717, 1.165) is 16.9 Å². The molecule has 0 aliphatic heterocycles. The van der Waals surface area contributed by atoms with Crippen molar-refractivity contribution in [2.24, 2.45) is 0 Å². The van der Waals surface area contributed by atoms with Crippen LogP contribution in [0.1, 0.15) is 27.4 Å². The predicted octanol–water partition coefficient (Wildman–Crippen LogP) is 4.82. The van der Waals surface area contributed by atoms with Gasteiger partial charge >= 0.3 is 6.03 Å². The number of furan rings is 1. The Labute approximate surface area is 230 Å². The number of pyridine rings is 1. The average molecular weight is 538 g/mol. The van der Waals surface area contributed by atoms with Crippen molar-refractivity contribution in [3.05, 3.63) is 102 Å². The Morgan fingerprint density at radius 2 is 1.80 bits per heavy atom. The zero-order valence-electron chi connectivity index (χ0n) is 21.9. The average Bonchev–Trinajstić information content (AvgIpc) is 3.30. The maximum atomic E-state index is 12.2. The minimum absolute atomic E-state index is 0.208. The van der Waals surface area contributed by atoms with Crippen molar-refractivity contribution in [1.82, 2.24) is 30.9 Å². The SMILES string of the molecule is CNC(=O)c1c(C)oc2cc(Oc3ccnc(Nc4cccc(CNC(=O)NCc5ccccn5)c4)n3)ccc12. The minimum atomic E-state index is -0.287. The topological polar surface area (TPSA) is 143 Å². The van der Waals surface area contributed by atoms with Crippen LogP contribution in [-0.4, -0.2) is 33.9 Å². The number of urea groups is 1. The van der Waals surface area contributed by atoms with Crippen LogP contribution in [0, 0.1) is 6.92 Å². The van der Waals surface area contributed by atoms with Crippen molar-refractivity contribution >= 4 is 34.5 Å². The summed E-state index contributed by atoms with van der Waals surface area (Å²) in [4.78, 5) is 37.3. The number of ether oxygens (including phenoxy) is 1. The summed E-state index contributed by atoms with van der Waals surface area (Å²) in [6.45, 7) is 2.43. The number of aryl methyl sites for hydroxylation is 1. The summed E-state index contributed by atoms with van der Waals surface area (Å²) in [6, 6.07) is 19.7. The molecular weight excluding hydrogens is 510 g/mol. The molecule has 3 aromatic heterocycles. The first-order valence-corrected chi connectivity index (χ1v) is 12.5. The molecule has 2 aromatic carbocycles. The summed E-state index contributed by atoms with van der Waals surface area (Å²) in [6.07, 6.45) is 3.27. The lowest BCUT2D eigenvalue weighted by atomic mass is 10.1. The molecule has 0 aliphatic rings. The minimum Gasteiger partial charge on any atom is -0.460 e. The van der Waals surface area contributed by atoms with Gasteiger partial charge in [0.15, 0.2) is 0 Å². The molecule has 0 saturated carbocycles. The summed E-state index contributed by atoms with van der Waals surface area (Å²) < 4.78 is 11.7. The Kier molecular flexibility index (Phi) is 7.82. The van der Waals surface area contributed by atoms with E-state index in [4.69, 9.17) is 9.15 Å². The number of hydrogen-bond acceptors (Lipinski definition) is 8. The second kappa shape index (κ2) is 11.9. The van der Waals surface area contributed by atoms with Crippen LogP contribution in [0.3, 0.4) is 0 Å². The van der Waals surface area contributed by atoms with Gasteiger partial charge in [-0.2, -0.15) is 4.98 Å². The first-order valence-electron chi connectivity index (χ1n) is 12.5. The van der Waals surface area contributed by atoms with Crippen LogP contribution in [-0.2, 0) is 13.1 Å². The fourth-order valence-electron chi connectivity index (χ4n) is 4.06. The largest absolute Gasteiger partial charge is 0.460 e. The fourth-order valence-corrected chi connectivity index (χ4v) is 4.06. The number of nitrogens with one attached hydrogen (secondary N) is 4. The fraction of sp³-hybridized carbons (Fsp3) is 0.138. The smallest absolute Gasteiger partial charge is 0.315 e. The van der Waals surface area contributed by atoms with Gasteiger partial charge in [-0.25, -0.2) is 9.78 Å². The number of fused-ring (bicyclic) bond motifs is 1. The number of rotatable bonds is 9. The third kappa shape index (κ3) is 6.33. The summed E-state index contributed by atoms with van der Waals surface area (Å²) in [5.41, 5.74) is 3.46. The monoisotopic (exact) mass is 537 g/mol. The third-order valence-corrected chi connectivity index (χ3v) is 5.94. The second-order valence-corrected chi connectivity index (χ2v) is 8.77. The van der Waals surface area contributed by atoms with E-state index < -0.39 is 0 Å². The van der Waals surface area contributed by atoms with E-state index in [1.165, 1.54) is 0 Å². The molecule has 3 amide bonds. The number of nitrogens with zero attached hydrogens (tertiary/aromatic N) is 3. The number of hydrogen-bond donors (Lipinski definition) is 4. The van der Waals surface area contributed by atoms with E-state index in [9.17, 15) is 9.59 Å². The summed E-state index contributed by atoms with van der Waals surface area (Å²) in [5, 5.41) is 12.1. The molecule has 5 rings (SSSR count). The number of carbonyl (C=O) groups is 2. The van der Waals surface area contributed by atoms with Crippen molar-refractivity contribution in [2.75, 3.05) is 12.4 Å². The standard InChI is InChI=1S/C29H27N7O4/c1-18-26(27(37)30-2)23-10-9-22(15-24(23)39-18)40-25-11-13-32-28(36-25)35-20-8-5-6-19(14-20)16-33-29(38)34-17-21-7-3-4-12-31-21/h3-15H,16-17H2,1-2H3,(H,30,37)(H,32,35,36)(H2,33,34,38). The molecule has 0 atom stereocenters. The van der Waals surface area contributed by atoms with Gasteiger partial charge in [-0.3, -0.25) is 9.78 Å². The third-order valence-electron chi connectivity index (χ3n) is 5.94. The van der Waals surface area contributed by atoms with Crippen molar-refractivity contribution < 1.29 is 18.7 Å². The number of anilines is 2. The van der Waals surface area contributed by atoms with Gasteiger partial charge in [0, 0.05) is 49.2 Å². The van der Waals surface area contributed by atoms with Crippen molar-refractivity contribution in [2.45, 2.75) is 20.0 Å². The van der Waals surface area contributed by atoms with Crippen molar-refractivity contribution in [3.8, 4) is 11.6 Å². The molecule has 0 saturated heterocycles. The van der Waals surface area contributed by atoms with Crippen LogP contribution in [0.4, 0.5) is 16.4 Å². The van der Waals surface area contributed by atoms with E-state index in [1.807, 2.05) is 42.5 Å². The van der Waals surface area contributed by atoms with Crippen LogP contribution in [0.5, 0.6) is 11.6 Å². The van der Waals surface area contributed by atoms with Gasteiger partial charge in [0.25, 0.3) is 5.91 Å². The van der Waals surface area contributed by atoms with Crippen LogP contribution in [0.15, 0.2) is 83.5 Å². The first kappa shape index (κ1) is 26.2. The molecule has 11 heteroatoms. The quantitative estimate of drug-likeness (QED) is 0.210. The normalized spacial score (nSPS) is 10.7. The van der Waals surface area contributed by atoms with E-state index in [0.29, 0.717) is 53.0 Å². The molecular formula is C29H27N7O4. The molecule has 0 bridgehead atoms. The Bertz CT molecular complexity index is 1650. The second-order valence-electron chi connectivity index (χ2n) is 8.77. The molecule has 40 heavy (non-hydrogen) atoms. The zero-order chi connectivity index (χ0) is 27.9. The number of aromatic nitrogens is 3. The van der Waals surface area contributed by atoms with Crippen LogP contribution in [0.2, 0.25) is 0 Å². The molecule has 0 fully saturated rings. The van der Waals surface area contributed by atoms with Crippen LogP contribution < -0.4 is 26.0 Å². The lowest BCUT2D eigenvalue weighted by Gasteiger charge is -2.10. The van der Waals surface area contributed by atoms with Gasteiger partial charge in [0.05, 0.1) is 17.8 Å². The Balaban J connectivity index is 1.20. The molecule has 0 unspecified atom stereocenters. The highest BCUT2D eigenvalue weighted by molar-refractivity contribution is 6.07. The molecule has 0 spiro atoms. The van der Waals surface area contributed by atoms with Gasteiger partial charge in [0.1, 0.15) is 17.1 Å². The highest BCUT2D eigenvalue weighted by Gasteiger charge is 2.17. The predicted molar refractivity (Wildman–Crippen MR) is 149 cm³/mol.